The van der Waals surface area contributed by atoms with Gasteiger partial charge in [-0.1, -0.05) is 12.1 Å². The van der Waals surface area contributed by atoms with Crippen molar-refractivity contribution in [2.75, 3.05) is 11.9 Å². The van der Waals surface area contributed by atoms with Gasteiger partial charge in [-0.15, -0.1) is 0 Å². The van der Waals surface area contributed by atoms with Crippen LogP contribution in [0.15, 0.2) is 53.4 Å². The molecule has 2 aromatic rings. The zero-order valence-electron chi connectivity index (χ0n) is 17.6. The van der Waals surface area contributed by atoms with E-state index >= 15 is 0 Å². The fourth-order valence-corrected chi connectivity index (χ4v) is 6.44. The lowest BCUT2D eigenvalue weighted by Crippen LogP contribution is -2.57. The summed E-state index contributed by atoms with van der Waals surface area (Å²) in [6, 6.07) is 12.0. The van der Waals surface area contributed by atoms with Crippen LogP contribution in [-0.2, 0) is 14.8 Å². The van der Waals surface area contributed by atoms with E-state index in [1.54, 1.807) is 24.3 Å². The Bertz CT molecular complexity index is 1060. The average molecular weight is 447 g/mol. The molecule has 3 aliphatic rings. The number of amides is 1. The molecule has 166 valence electrons. The van der Waals surface area contributed by atoms with E-state index in [4.69, 9.17) is 4.74 Å². The Morgan fingerprint density at radius 2 is 1.84 bits per heavy atom. The first-order valence-corrected chi connectivity index (χ1v) is 12.0. The number of anilines is 1. The second-order valence-corrected chi connectivity index (χ2v) is 10.4. The zero-order chi connectivity index (χ0) is 22.2. The summed E-state index contributed by atoms with van der Waals surface area (Å²) < 4.78 is 47.6. The highest BCUT2D eigenvalue weighted by Gasteiger charge is 2.49. The molecule has 0 spiro atoms. The molecule has 5 rings (SSSR count). The Morgan fingerprint density at radius 1 is 1.13 bits per heavy atom. The van der Waals surface area contributed by atoms with Crippen molar-refractivity contribution in [3.63, 3.8) is 0 Å². The number of fused-ring (bicyclic) bond motifs is 3. The standard InChI is InChI=1S/C23H27FN2O4S/c1-15(2)30-18-10-8-17(9-11-18)25-23(27)19-13-16-7-12-21(19)26(14-16)31(28,29)22-6-4-3-5-20(22)24/h3-6,8-11,15-16,19,21H,7,12-14H2,1-2H3,(H,25,27). The smallest absolute Gasteiger partial charge is 0.246 e. The fraction of sp³-hybridized carbons (Fsp3) is 0.435. The number of halogens is 1. The Hall–Kier alpha value is -2.45. The van der Waals surface area contributed by atoms with Crippen molar-refractivity contribution in [2.24, 2.45) is 11.8 Å². The second-order valence-electron chi connectivity index (χ2n) is 8.54. The second kappa shape index (κ2) is 8.59. The van der Waals surface area contributed by atoms with Crippen LogP contribution < -0.4 is 10.1 Å². The van der Waals surface area contributed by atoms with Gasteiger partial charge in [-0.05, 0) is 75.4 Å². The highest BCUT2D eigenvalue weighted by Crippen LogP contribution is 2.42. The summed E-state index contributed by atoms with van der Waals surface area (Å²) in [5.74, 6) is -0.647. The Morgan fingerprint density at radius 3 is 2.48 bits per heavy atom. The van der Waals surface area contributed by atoms with E-state index in [-0.39, 0.29) is 22.8 Å². The molecular weight excluding hydrogens is 419 g/mol. The summed E-state index contributed by atoms with van der Waals surface area (Å²) in [6.07, 6.45) is 2.16. The SMILES string of the molecule is CC(C)Oc1ccc(NC(=O)C2CC3CCC2N(S(=O)(=O)c2ccccc2F)C3)cc1. The highest BCUT2D eigenvalue weighted by atomic mass is 32.2. The Balaban J connectivity index is 1.52. The fourth-order valence-electron chi connectivity index (χ4n) is 4.60. The number of piperidine rings is 2. The molecule has 8 heteroatoms. The predicted molar refractivity (Wildman–Crippen MR) is 116 cm³/mol. The molecule has 2 aromatic carbocycles. The molecule has 31 heavy (non-hydrogen) atoms. The van der Waals surface area contributed by atoms with Crippen LogP contribution in [0.25, 0.3) is 0 Å². The predicted octanol–water partition coefficient (Wildman–Crippen LogP) is 4.04. The van der Waals surface area contributed by atoms with Crippen molar-refractivity contribution in [1.29, 1.82) is 0 Å². The minimum Gasteiger partial charge on any atom is -0.491 e. The van der Waals surface area contributed by atoms with Gasteiger partial charge in [0.05, 0.1) is 12.0 Å². The normalized spacial score (nSPS) is 23.7. The van der Waals surface area contributed by atoms with Gasteiger partial charge in [0.1, 0.15) is 16.5 Å². The molecule has 2 bridgehead atoms. The summed E-state index contributed by atoms with van der Waals surface area (Å²) in [6.45, 7) is 4.20. The highest BCUT2D eigenvalue weighted by molar-refractivity contribution is 7.89. The van der Waals surface area contributed by atoms with Crippen molar-refractivity contribution in [2.45, 2.75) is 50.2 Å². The van der Waals surface area contributed by atoms with E-state index < -0.39 is 27.8 Å². The van der Waals surface area contributed by atoms with Crippen molar-refractivity contribution >= 4 is 21.6 Å². The number of sulfonamides is 1. The number of rotatable bonds is 6. The number of benzene rings is 2. The Kier molecular flexibility index (Phi) is 6.03. The minimum atomic E-state index is -4.02. The number of carbonyl (C=O) groups is 1. The molecule has 2 aliphatic heterocycles. The largest absolute Gasteiger partial charge is 0.491 e. The van der Waals surface area contributed by atoms with Crippen LogP contribution in [0.5, 0.6) is 5.75 Å². The lowest BCUT2D eigenvalue weighted by molar-refractivity contribution is -0.125. The molecule has 1 N–H and O–H groups in total. The number of ether oxygens (including phenoxy) is 1. The first-order valence-electron chi connectivity index (χ1n) is 10.6. The summed E-state index contributed by atoms with van der Waals surface area (Å²) in [7, 11) is -4.02. The van der Waals surface area contributed by atoms with E-state index in [0.29, 0.717) is 30.8 Å². The van der Waals surface area contributed by atoms with Crippen LogP contribution in [0.1, 0.15) is 33.1 Å². The molecule has 1 saturated carbocycles. The number of nitrogens with zero attached hydrogens (tertiary/aromatic N) is 1. The molecule has 2 saturated heterocycles. The van der Waals surface area contributed by atoms with Gasteiger partial charge >= 0.3 is 0 Å². The third kappa shape index (κ3) is 4.45. The number of carbonyl (C=O) groups excluding carboxylic acids is 1. The van der Waals surface area contributed by atoms with Gasteiger partial charge in [-0.3, -0.25) is 4.79 Å². The van der Waals surface area contributed by atoms with Gasteiger partial charge < -0.3 is 10.1 Å². The molecule has 0 aromatic heterocycles. The molecule has 3 fully saturated rings. The van der Waals surface area contributed by atoms with Crippen LogP contribution in [0.4, 0.5) is 10.1 Å². The monoisotopic (exact) mass is 446 g/mol. The van der Waals surface area contributed by atoms with Crippen molar-refractivity contribution in [1.82, 2.24) is 4.31 Å². The lowest BCUT2D eigenvalue weighted by Gasteiger charge is -2.48. The third-order valence-corrected chi connectivity index (χ3v) is 7.91. The maximum atomic E-state index is 14.2. The van der Waals surface area contributed by atoms with Gasteiger partial charge in [0.2, 0.25) is 15.9 Å². The summed E-state index contributed by atoms with van der Waals surface area (Å²) in [5, 5.41) is 2.91. The van der Waals surface area contributed by atoms with Crippen LogP contribution in [0, 0.1) is 17.7 Å². The molecule has 2 heterocycles. The van der Waals surface area contributed by atoms with Crippen molar-refractivity contribution in [3.8, 4) is 5.75 Å². The molecule has 0 radical (unpaired) electrons. The molecule has 1 amide bonds. The molecule has 1 aliphatic carbocycles. The summed E-state index contributed by atoms with van der Waals surface area (Å²) in [5.41, 5.74) is 0.631. The van der Waals surface area contributed by atoms with Crippen molar-refractivity contribution in [3.05, 3.63) is 54.3 Å². The Labute approximate surface area is 182 Å². The van der Waals surface area contributed by atoms with Crippen LogP contribution >= 0.6 is 0 Å². The number of hydrogen-bond acceptors (Lipinski definition) is 4. The third-order valence-electron chi connectivity index (χ3n) is 5.98. The van der Waals surface area contributed by atoms with E-state index in [1.807, 2.05) is 13.8 Å². The number of hydrogen-bond donors (Lipinski definition) is 1. The van der Waals surface area contributed by atoms with Crippen LogP contribution in [0.3, 0.4) is 0 Å². The summed E-state index contributed by atoms with van der Waals surface area (Å²) in [4.78, 5) is 12.7. The lowest BCUT2D eigenvalue weighted by atomic mass is 9.73. The van der Waals surface area contributed by atoms with E-state index in [1.165, 1.54) is 22.5 Å². The maximum Gasteiger partial charge on any atom is 0.246 e. The zero-order valence-corrected chi connectivity index (χ0v) is 18.4. The van der Waals surface area contributed by atoms with Gasteiger partial charge in [-0.25, -0.2) is 12.8 Å². The van der Waals surface area contributed by atoms with Crippen molar-refractivity contribution < 1.29 is 22.3 Å². The molecular formula is C23H27FN2O4S. The average Bonchev–Trinajstić information content (AvgIpc) is 2.75. The molecule has 3 unspecified atom stereocenters. The van der Waals surface area contributed by atoms with Gasteiger partial charge in [-0.2, -0.15) is 4.31 Å². The van der Waals surface area contributed by atoms with Gasteiger partial charge in [0.25, 0.3) is 0 Å². The minimum absolute atomic E-state index is 0.0561. The quantitative estimate of drug-likeness (QED) is 0.727. The van der Waals surface area contributed by atoms with E-state index in [0.717, 1.165) is 12.5 Å². The summed E-state index contributed by atoms with van der Waals surface area (Å²) >= 11 is 0. The van der Waals surface area contributed by atoms with Gasteiger partial charge in [0, 0.05) is 18.3 Å². The van der Waals surface area contributed by atoms with E-state index in [9.17, 15) is 17.6 Å². The van der Waals surface area contributed by atoms with Gasteiger partial charge in [0.15, 0.2) is 0 Å². The van der Waals surface area contributed by atoms with Crippen LogP contribution in [-0.4, -0.2) is 37.3 Å². The first-order chi connectivity index (χ1) is 14.8. The molecule has 3 atom stereocenters. The maximum absolute atomic E-state index is 14.2. The number of nitrogens with one attached hydrogen (secondary N) is 1. The van der Waals surface area contributed by atoms with Crippen LogP contribution in [0.2, 0.25) is 0 Å². The first kappa shape index (κ1) is 21.8. The van der Waals surface area contributed by atoms with E-state index in [2.05, 4.69) is 5.32 Å². The molecule has 6 nitrogen and oxygen atoms in total. The topological polar surface area (TPSA) is 75.7 Å².